The SMILES string of the molecule is CC(=O)O/C=C/[C@@H](C)O[Si](C)(C)C(C)(C)C. The summed E-state index contributed by atoms with van der Waals surface area (Å²) in [6.07, 6.45) is 3.14. The third-order valence-electron chi connectivity index (χ3n) is 2.87. The van der Waals surface area contributed by atoms with Crippen LogP contribution >= 0.6 is 0 Å². The van der Waals surface area contributed by atoms with Crippen LogP contribution in [0.15, 0.2) is 12.3 Å². The lowest BCUT2D eigenvalue weighted by Crippen LogP contribution is -2.42. The van der Waals surface area contributed by atoms with E-state index in [0.29, 0.717) is 0 Å². The van der Waals surface area contributed by atoms with Crippen molar-refractivity contribution in [1.82, 2.24) is 0 Å². The molecular formula is C12H24O3Si. The number of rotatable bonds is 4. The van der Waals surface area contributed by atoms with Crippen molar-refractivity contribution in [2.45, 2.75) is 58.9 Å². The van der Waals surface area contributed by atoms with Gasteiger partial charge in [0.2, 0.25) is 0 Å². The maximum atomic E-state index is 10.6. The third-order valence-corrected chi connectivity index (χ3v) is 7.44. The summed E-state index contributed by atoms with van der Waals surface area (Å²) in [4.78, 5) is 10.6. The van der Waals surface area contributed by atoms with Gasteiger partial charge in [0.05, 0.1) is 12.4 Å². The molecule has 16 heavy (non-hydrogen) atoms. The minimum atomic E-state index is -1.74. The van der Waals surface area contributed by atoms with Gasteiger partial charge in [-0.05, 0) is 31.1 Å². The molecule has 0 aromatic heterocycles. The molecule has 1 atom stereocenters. The maximum Gasteiger partial charge on any atom is 0.307 e. The van der Waals surface area contributed by atoms with Gasteiger partial charge in [0.15, 0.2) is 8.32 Å². The number of carbonyl (C=O) groups excluding carboxylic acids is 1. The number of ether oxygens (including phenoxy) is 1. The van der Waals surface area contributed by atoms with Crippen molar-refractivity contribution in [2.75, 3.05) is 0 Å². The average molecular weight is 244 g/mol. The maximum absolute atomic E-state index is 10.6. The lowest BCUT2D eigenvalue weighted by molar-refractivity contribution is -0.135. The number of esters is 1. The van der Waals surface area contributed by atoms with Gasteiger partial charge in [0.25, 0.3) is 0 Å². The number of carbonyl (C=O) groups is 1. The van der Waals surface area contributed by atoms with Crippen LogP contribution in [0.25, 0.3) is 0 Å². The molecule has 0 saturated carbocycles. The highest BCUT2D eigenvalue weighted by Crippen LogP contribution is 2.37. The summed E-state index contributed by atoms with van der Waals surface area (Å²) >= 11 is 0. The number of hydrogen-bond donors (Lipinski definition) is 0. The second-order valence-electron chi connectivity index (χ2n) is 5.52. The van der Waals surface area contributed by atoms with Crippen LogP contribution in [0.1, 0.15) is 34.6 Å². The van der Waals surface area contributed by atoms with Crippen LogP contribution in [0.3, 0.4) is 0 Å². The van der Waals surface area contributed by atoms with Gasteiger partial charge in [0.1, 0.15) is 0 Å². The zero-order valence-corrected chi connectivity index (χ0v) is 12.5. The summed E-state index contributed by atoms with van der Waals surface area (Å²) in [6, 6.07) is 0. The van der Waals surface area contributed by atoms with Crippen LogP contribution in [-0.2, 0) is 14.0 Å². The van der Waals surface area contributed by atoms with Gasteiger partial charge in [-0.25, -0.2) is 0 Å². The topological polar surface area (TPSA) is 35.5 Å². The molecule has 0 radical (unpaired) electrons. The Morgan fingerprint density at radius 1 is 1.31 bits per heavy atom. The monoisotopic (exact) mass is 244 g/mol. The molecule has 0 aromatic carbocycles. The number of hydrogen-bond acceptors (Lipinski definition) is 3. The van der Waals surface area contributed by atoms with E-state index in [4.69, 9.17) is 9.16 Å². The van der Waals surface area contributed by atoms with Crippen molar-refractivity contribution < 1.29 is 14.0 Å². The van der Waals surface area contributed by atoms with Crippen LogP contribution in [0.5, 0.6) is 0 Å². The quantitative estimate of drug-likeness (QED) is 0.431. The molecule has 0 heterocycles. The molecule has 0 rings (SSSR count). The average Bonchev–Trinajstić information content (AvgIpc) is 1.99. The molecular weight excluding hydrogens is 220 g/mol. The van der Waals surface area contributed by atoms with Crippen LogP contribution in [0, 0.1) is 0 Å². The fraction of sp³-hybridized carbons (Fsp3) is 0.750. The molecule has 0 saturated heterocycles. The molecule has 0 aliphatic carbocycles. The van der Waals surface area contributed by atoms with Gasteiger partial charge < -0.3 is 9.16 Å². The molecule has 0 amide bonds. The first kappa shape index (κ1) is 15.4. The summed E-state index contributed by atoms with van der Waals surface area (Å²) < 4.78 is 10.8. The highest BCUT2D eigenvalue weighted by molar-refractivity contribution is 6.74. The zero-order chi connectivity index (χ0) is 13.0. The van der Waals surface area contributed by atoms with Crippen LogP contribution < -0.4 is 0 Å². The van der Waals surface area contributed by atoms with Gasteiger partial charge >= 0.3 is 5.97 Å². The van der Waals surface area contributed by atoms with Crippen molar-refractivity contribution in [3.63, 3.8) is 0 Å². The minimum absolute atomic E-state index is 0.0276. The van der Waals surface area contributed by atoms with Crippen LogP contribution in [0.4, 0.5) is 0 Å². The summed E-state index contributed by atoms with van der Waals surface area (Å²) in [5, 5.41) is 0.191. The fourth-order valence-corrected chi connectivity index (χ4v) is 2.29. The first-order chi connectivity index (χ1) is 7.06. The summed E-state index contributed by atoms with van der Waals surface area (Å²) in [5.41, 5.74) is 0. The Bertz CT molecular complexity index is 264. The molecule has 0 aliphatic rings. The van der Waals surface area contributed by atoms with Crippen LogP contribution in [0.2, 0.25) is 18.1 Å². The smallest absolute Gasteiger partial charge is 0.307 e. The Labute approximate surface area is 100.0 Å². The first-order valence-corrected chi connectivity index (χ1v) is 8.49. The molecule has 0 aromatic rings. The highest BCUT2D eigenvalue weighted by atomic mass is 28.4. The van der Waals surface area contributed by atoms with E-state index in [1.54, 1.807) is 6.08 Å². The molecule has 0 N–H and O–H groups in total. The molecule has 4 heteroatoms. The van der Waals surface area contributed by atoms with Gasteiger partial charge in [-0.2, -0.15) is 0 Å². The fourth-order valence-electron chi connectivity index (χ4n) is 0.927. The first-order valence-electron chi connectivity index (χ1n) is 5.58. The Balaban J connectivity index is 4.29. The molecule has 0 spiro atoms. The molecule has 0 fully saturated rings. The summed E-state index contributed by atoms with van der Waals surface area (Å²) in [7, 11) is -1.74. The Hall–Kier alpha value is -0.613. The van der Waals surface area contributed by atoms with Crippen molar-refractivity contribution >= 4 is 14.3 Å². The van der Waals surface area contributed by atoms with E-state index in [9.17, 15) is 4.79 Å². The van der Waals surface area contributed by atoms with E-state index < -0.39 is 8.32 Å². The predicted octanol–water partition coefficient (Wildman–Crippen LogP) is 3.47. The van der Waals surface area contributed by atoms with Crippen molar-refractivity contribution in [3.05, 3.63) is 12.3 Å². The predicted molar refractivity (Wildman–Crippen MR) is 68.7 cm³/mol. The zero-order valence-electron chi connectivity index (χ0n) is 11.5. The Morgan fingerprint density at radius 3 is 2.19 bits per heavy atom. The van der Waals surface area contributed by atoms with Crippen molar-refractivity contribution in [1.29, 1.82) is 0 Å². The van der Waals surface area contributed by atoms with E-state index in [1.807, 2.05) is 6.92 Å². The molecule has 0 bridgehead atoms. The van der Waals surface area contributed by atoms with E-state index in [2.05, 4.69) is 33.9 Å². The minimum Gasteiger partial charge on any atom is -0.435 e. The van der Waals surface area contributed by atoms with Crippen molar-refractivity contribution in [2.24, 2.45) is 0 Å². The van der Waals surface area contributed by atoms with Gasteiger partial charge in [-0.3, -0.25) is 4.79 Å². The molecule has 94 valence electrons. The lowest BCUT2D eigenvalue weighted by Gasteiger charge is -2.37. The van der Waals surface area contributed by atoms with Crippen molar-refractivity contribution in [3.8, 4) is 0 Å². The summed E-state index contributed by atoms with van der Waals surface area (Å²) in [5.74, 6) is -0.309. The lowest BCUT2D eigenvalue weighted by atomic mass is 10.2. The summed E-state index contributed by atoms with van der Waals surface area (Å²) in [6.45, 7) is 14.3. The molecule has 0 unspecified atom stereocenters. The van der Waals surface area contributed by atoms with E-state index in [-0.39, 0.29) is 17.1 Å². The van der Waals surface area contributed by atoms with E-state index in [0.717, 1.165) is 0 Å². The van der Waals surface area contributed by atoms with Gasteiger partial charge in [-0.15, -0.1) is 0 Å². The normalized spacial score (nSPS) is 15.2. The second-order valence-corrected chi connectivity index (χ2v) is 10.3. The van der Waals surface area contributed by atoms with Crippen LogP contribution in [-0.4, -0.2) is 20.4 Å². The van der Waals surface area contributed by atoms with E-state index in [1.165, 1.54) is 13.2 Å². The van der Waals surface area contributed by atoms with Gasteiger partial charge in [-0.1, -0.05) is 20.8 Å². The van der Waals surface area contributed by atoms with E-state index >= 15 is 0 Å². The Morgan fingerprint density at radius 2 is 1.81 bits per heavy atom. The molecule has 0 aliphatic heterocycles. The molecule has 3 nitrogen and oxygen atoms in total. The largest absolute Gasteiger partial charge is 0.435 e. The highest BCUT2D eigenvalue weighted by Gasteiger charge is 2.37. The third kappa shape index (κ3) is 5.46. The Kier molecular flexibility index (Phi) is 5.42. The second kappa shape index (κ2) is 5.64. The standard InChI is InChI=1S/C12H24O3Si/c1-10(8-9-14-11(2)13)15-16(6,7)12(3,4)5/h8-10H,1-7H3/b9-8+/t10-/m1/s1. The van der Waals surface area contributed by atoms with Gasteiger partial charge in [0, 0.05) is 6.92 Å².